The second kappa shape index (κ2) is 10.7. The van der Waals surface area contributed by atoms with E-state index in [0.717, 1.165) is 24.0 Å². The van der Waals surface area contributed by atoms with Crippen LogP contribution in [0.25, 0.3) is 33.4 Å². The minimum Gasteiger partial charge on any atom is -0.206 e. The summed E-state index contributed by atoms with van der Waals surface area (Å²) >= 11 is 0. The Morgan fingerprint density at radius 1 is 0.583 bits per heavy atom. The lowest BCUT2D eigenvalue weighted by Gasteiger charge is -2.19. The molecule has 0 heterocycles. The van der Waals surface area contributed by atoms with Crippen molar-refractivity contribution in [2.75, 3.05) is 0 Å². The van der Waals surface area contributed by atoms with Crippen molar-refractivity contribution in [2.24, 2.45) is 0 Å². The number of hydrogen-bond donors (Lipinski definition) is 0. The van der Waals surface area contributed by atoms with Crippen LogP contribution in [0, 0.1) is 17.5 Å². The highest BCUT2D eigenvalue weighted by atomic mass is 19.2. The lowest BCUT2D eigenvalue weighted by Crippen LogP contribution is -2.10. The van der Waals surface area contributed by atoms with Crippen molar-refractivity contribution in [3.05, 3.63) is 107 Å². The van der Waals surface area contributed by atoms with Crippen LogP contribution in [0.15, 0.2) is 78.9 Å². The Balaban J connectivity index is 1.59. The van der Waals surface area contributed by atoms with Crippen LogP contribution in [0.4, 0.5) is 13.2 Å². The number of unbranched alkanes of at least 4 members (excludes halogenated alkanes) is 2. The summed E-state index contributed by atoms with van der Waals surface area (Å²) in [4.78, 5) is 0. The summed E-state index contributed by atoms with van der Waals surface area (Å²) in [6.45, 7) is 8.48. The fourth-order valence-electron chi connectivity index (χ4n) is 4.49. The van der Waals surface area contributed by atoms with Gasteiger partial charge in [-0.2, -0.15) is 0 Å². The van der Waals surface area contributed by atoms with Crippen LogP contribution in [-0.4, -0.2) is 0 Å². The van der Waals surface area contributed by atoms with Crippen LogP contribution in [0.2, 0.25) is 0 Å². The molecule has 4 aromatic rings. The topological polar surface area (TPSA) is 0 Å². The highest BCUT2D eigenvalue weighted by Crippen LogP contribution is 2.35. The summed E-state index contributed by atoms with van der Waals surface area (Å²) in [5.74, 6) is -2.60. The zero-order valence-electron chi connectivity index (χ0n) is 21.5. The van der Waals surface area contributed by atoms with Gasteiger partial charge >= 0.3 is 0 Å². The van der Waals surface area contributed by atoms with Crippen LogP contribution >= 0.6 is 0 Å². The number of halogens is 3. The van der Waals surface area contributed by atoms with Crippen molar-refractivity contribution in [1.82, 2.24) is 0 Å². The van der Waals surface area contributed by atoms with Crippen molar-refractivity contribution < 1.29 is 13.2 Å². The molecule has 0 aliphatic rings. The van der Waals surface area contributed by atoms with E-state index in [0.29, 0.717) is 11.1 Å². The summed E-state index contributed by atoms with van der Waals surface area (Å²) < 4.78 is 45.3. The molecule has 0 bridgehead atoms. The normalized spacial score (nSPS) is 11.6. The van der Waals surface area contributed by atoms with E-state index in [1.807, 2.05) is 24.3 Å². The number of hydrogen-bond acceptors (Lipinski definition) is 0. The Morgan fingerprint density at radius 3 is 1.75 bits per heavy atom. The van der Waals surface area contributed by atoms with Gasteiger partial charge in [0.1, 0.15) is 5.82 Å². The van der Waals surface area contributed by atoms with Gasteiger partial charge in [-0.15, -0.1) is 0 Å². The van der Waals surface area contributed by atoms with E-state index in [9.17, 15) is 0 Å². The Hall–Kier alpha value is -3.33. The third-order valence-corrected chi connectivity index (χ3v) is 6.76. The van der Waals surface area contributed by atoms with Gasteiger partial charge in [-0.1, -0.05) is 113 Å². The number of aryl methyl sites for hydroxylation is 1. The maximum Gasteiger partial charge on any atom is 0.167 e. The van der Waals surface area contributed by atoms with Crippen molar-refractivity contribution in [3.8, 4) is 33.4 Å². The monoisotopic (exact) mass is 486 g/mol. The van der Waals surface area contributed by atoms with Crippen LogP contribution in [0.5, 0.6) is 0 Å². The zero-order valence-corrected chi connectivity index (χ0v) is 21.5. The van der Waals surface area contributed by atoms with Crippen molar-refractivity contribution in [1.29, 1.82) is 0 Å². The third kappa shape index (κ3) is 5.56. The molecule has 0 radical (unpaired) electrons. The molecule has 0 nitrogen and oxygen atoms in total. The maximum absolute atomic E-state index is 15.1. The average molecular weight is 487 g/mol. The van der Waals surface area contributed by atoms with Gasteiger partial charge in [0.2, 0.25) is 0 Å². The molecule has 0 fully saturated rings. The molecule has 0 amide bonds. The van der Waals surface area contributed by atoms with Gasteiger partial charge in [0.15, 0.2) is 11.6 Å². The first-order chi connectivity index (χ1) is 17.2. The van der Waals surface area contributed by atoms with Crippen molar-refractivity contribution >= 4 is 0 Å². The third-order valence-electron chi connectivity index (χ3n) is 6.76. The fourth-order valence-corrected chi connectivity index (χ4v) is 4.49. The van der Waals surface area contributed by atoms with Crippen molar-refractivity contribution in [3.63, 3.8) is 0 Å². The van der Waals surface area contributed by atoms with E-state index in [1.54, 1.807) is 18.2 Å². The van der Waals surface area contributed by atoms with Crippen LogP contribution < -0.4 is 0 Å². The van der Waals surface area contributed by atoms with Gasteiger partial charge in [0.25, 0.3) is 0 Å². The SMILES string of the molecule is CCCCCc1ccc(-c2ccc(-c3ccc(-c4ccc(C(C)(C)C)cc4)c(F)c3F)c(F)c2)cc1. The van der Waals surface area contributed by atoms with E-state index in [1.165, 1.54) is 42.7 Å². The molecular weight excluding hydrogens is 453 g/mol. The standard InChI is InChI=1S/C33H33F3/c1-5-6-7-8-22-9-11-23(12-10-22)25-15-18-28(30(34)21-25)29-20-19-27(31(35)32(29)36)24-13-16-26(17-14-24)33(2,3)4/h9-21H,5-8H2,1-4H3. The highest BCUT2D eigenvalue weighted by Gasteiger charge is 2.19. The Labute approximate surface area is 212 Å². The van der Waals surface area contributed by atoms with E-state index < -0.39 is 17.5 Å². The van der Waals surface area contributed by atoms with Gasteiger partial charge in [0, 0.05) is 16.7 Å². The smallest absolute Gasteiger partial charge is 0.167 e. The lowest BCUT2D eigenvalue weighted by atomic mass is 9.86. The molecule has 36 heavy (non-hydrogen) atoms. The second-order valence-corrected chi connectivity index (χ2v) is 10.5. The predicted molar refractivity (Wildman–Crippen MR) is 145 cm³/mol. The van der Waals surface area contributed by atoms with Gasteiger partial charge < -0.3 is 0 Å². The summed E-state index contributed by atoms with van der Waals surface area (Å²) in [7, 11) is 0. The molecular formula is C33H33F3. The summed E-state index contributed by atoms with van der Waals surface area (Å²) in [5, 5.41) is 0. The highest BCUT2D eigenvalue weighted by molar-refractivity contribution is 5.75. The molecule has 186 valence electrons. The van der Waals surface area contributed by atoms with Crippen LogP contribution in [0.1, 0.15) is 58.1 Å². The van der Waals surface area contributed by atoms with Crippen LogP contribution in [0.3, 0.4) is 0 Å². The number of benzene rings is 4. The summed E-state index contributed by atoms with van der Waals surface area (Å²) in [5.41, 5.74) is 4.62. The molecule has 0 atom stereocenters. The molecule has 0 unspecified atom stereocenters. The molecule has 0 aliphatic heterocycles. The van der Waals surface area contributed by atoms with Crippen molar-refractivity contribution in [2.45, 2.75) is 58.8 Å². The molecule has 3 heteroatoms. The first kappa shape index (κ1) is 25.8. The quantitative estimate of drug-likeness (QED) is 0.228. The molecule has 0 aliphatic carbocycles. The van der Waals surface area contributed by atoms with E-state index in [-0.39, 0.29) is 22.1 Å². The fraction of sp³-hybridized carbons (Fsp3) is 0.273. The lowest BCUT2D eigenvalue weighted by molar-refractivity contribution is 0.513. The minimum absolute atomic E-state index is 0.0352. The van der Waals surface area contributed by atoms with Gasteiger partial charge in [-0.25, -0.2) is 13.2 Å². The number of rotatable bonds is 7. The maximum atomic E-state index is 15.1. The van der Waals surface area contributed by atoms with Gasteiger partial charge in [-0.3, -0.25) is 0 Å². The molecule has 0 saturated heterocycles. The first-order valence-electron chi connectivity index (χ1n) is 12.7. The zero-order chi connectivity index (χ0) is 25.9. The van der Waals surface area contributed by atoms with E-state index in [2.05, 4.69) is 39.8 Å². The largest absolute Gasteiger partial charge is 0.206 e. The van der Waals surface area contributed by atoms with Gasteiger partial charge in [-0.05, 0) is 52.1 Å². The Bertz CT molecular complexity index is 1330. The molecule has 4 rings (SSSR count). The van der Waals surface area contributed by atoms with Crippen LogP contribution in [-0.2, 0) is 11.8 Å². The van der Waals surface area contributed by atoms with E-state index in [4.69, 9.17) is 0 Å². The molecule has 4 aromatic carbocycles. The molecule has 0 spiro atoms. The summed E-state index contributed by atoms with van der Waals surface area (Å²) in [6.07, 6.45) is 4.57. The second-order valence-electron chi connectivity index (χ2n) is 10.5. The van der Waals surface area contributed by atoms with E-state index >= 15 is 13.2 Å². The Kier molecular flexibility index (Phi) is 7.68. The van der Waals surface area contributed by atoms with Gasteiger partial charge in [0.05, 0.1) is 0 Å². The minimum atomic E-state index is -1.05. The predicted octanol–water partition coefficient (Wildman–Crippen LogP) is 10.1. The summed E-state index contributed by atoms with van der Waals surface area (Å²) in [6, 6.07) is 23.2. The Morgan fingerprint density at radius 2 is 1.14 bits per heavy atom. The first-order valence-corrected chi connectivity index (χ1v) is 12.7. The molecule has 0 aromatic heterocycles. The average Bonchev–Trinajstić information content (AvgIpc) is 2.86. The molecule has 0 saturated carbocycles. The molecule has 0 N–H and O–H groups in total.